The van der Waals surface area contributed by atoms with E-state index in [0.29, 0.717) is 5.92 Å². The Kier molecular flexibility index (Phi) is 3.71. The monoisotopic (exact) mass is 259 g/mol. The Bertz CT molecular complexity index is 495. The van der Waals surface area contributed by atoms with Crippen LogP contribution in [0, 0.1) is 5.41 Å². The second-order valence-corrected chi connectivity index (χ2v) is 6.88. The SMILES string of the molecule is CC(C)c1ccc2c(c1NC(=O)C(C)(C)C)CCC2. The molecule has 19 heavy (non-hydrogen) atoms. The van der Waals surface area contributed by atoms with Gasteiger partial charge in [0.25, 0.3) is 0 Å². The molecule has 0 heterocycles. The van der Waals surface area contributed by atoms with Crippen LogP contribution in [0.1, 0.15) is 63.6 Å². The van der Waals surface area contributed by atoms with E-state index < -0.39 is 0 Å². The second-order valence-electron chi connectivity index (χ2n) is 6.88. The molecule has 0 spiro atoms. The Morgan fingerprint density at radius 1 is 1.21 bits per heavy atom. The summed E-state index contributed by atoms with van der Waals surface area (Å²) in [7, 11) is 0. The number of anilines is 1. The molecule has 0 aliphatic heterocycles. The summed E-state index contributed by atoms with van der Waals surface area (Å²) >= 11 is 0. The average molecular weight is 259 g/mol. The van der Waals surface area contributed by atoms with Gasteiger partial charge in [0, 0.05) is 11.1 Å². The molecule has 1 N–H and O–H groups in total. The number of amides is 1. The van der Waals surface area contributed by atoms with Gasteiger partial charge in [0.2, 0.25) is 5.91 Å². The first-order valence-corrected chi connectivity index (χ1v) is 7.27. The summed E-state index contributed by atoms with van der Waals surface area (Å²) < 4.78 is 0. The summed E-state index contributed by atoms with van der Waals surface area (Å²) in [5.74, 6) is 0.538. The van der Waals surface area contributed by atoms with Crippen molar-refractivity contribution >= 4 is 11.6 Å². The molecule has 0 unspecified atom stereocenters. The third-order valence-corrected chi connectivity index (χ3v) is 3.86. The van der Waals surface area contributed by atoms with E-state index in [9.17, 15) is 4.79 Å². The second kappa shape index (κ2) is 4.99. The van der Waals surface area contributed by atoms with Gasteiger partial charge in [-0.25, -0.2) is 0 Å². The highest BCUT2D eigenvalue weighted by atomic mass is 16.2. The molecule has 0 bridgehead atoms. The van der Waals surface area contributed by atoms with Gasteiger partial charge in [-0.15, -0.1) is 0 Å². The van der Waals surface area contributed by atoms with Crippen molar-refractivity contribution in [2.45, 2.75) is 59.8 Å². The quantitative estimate of drug-likeness (QED) is 0.843. The summed E-state index contributed by atoms with van der Waals surface area (Å²) in [6, 6.07) is 4.43. The number of aryl methyl sites for hydroxylation is 1. The summed E-state index contributed by atoms with van der Waals surface area (Å²) in [5, 5.41) is 3.19. The highest BCUT2D eigenvalue weighted by Crippen LogP contribution is 2.36. The number of carbonyl (C=O) groups is 1. The fourth-order valence-corrected chi connectivity index (χ4v) is 2.61. The third-order valence-electron chi connectivity index (χ3n) is 3.86. The van der Waals surface area contributed by atoms with Crippen LogP contribution in [0.4, 0.5) is 5.69 Å². The lowest BCUT2D eigenvalue weighted by atomic mass is 9.92. The predicted molar refractivity (Wildman–Crippen MR) is 80.6 cm³/mol. The van der Waals surface area contributed by atoms with Gasteiger partial charge < -0.3 is 5.32 Å². The summed E-state index contributed by atoms with van der Waals surface area (Å²) in [4.78, 5) is 12.3. The first-order chi connectivity index (χ1) is 8.80. The average Bonchev–Trinajstić information content (AvgIpc) is 2.75. The number of fused-ring (bicyclic) bond motifs is 1. The molecule has 1 amide bonds. The molecular formula is C17H25NO. The van der Waals surface area contributed by atoms with Crippen molar-refractivity contribution < 1.29 is 4.79 Å². The van der Waals surface area contributed by atoms with E-state index in [1.54, 1.807) is 0 Å². The molecule has 2 rings (SSSR count). The smallest absolute Gasteiger partial charge is 0.229 e. The fraction of sp³-hybridized carbons (Fsp3) is 0.588. The number of rotatable bonds is 2. The van der Waals surface area contributed by atoms with E-state index in [2.05, 4.69) is 31.3 Å². The molecule has 0 fully saturated rings. The van der Waals surface area contributed by atoms with Crippen molar-refractivity contribution in [2.75, 3.05) is 5.32 Å². The highest BCUT2D eigenvalue weighted by Gasteiger charge is 2.25. The van der Waals surface area contributed by atoms with Crippen LogP contribution in [0.5, 0.6) is 0 Å². The van der Waals surface area contributed by atoms with Crippen LogP contribution in [0.15, 0.2) is 12.1 Å². The molecule has 0 radical (unpaired) electrons. The highest BCUT2D eigenvalue weighted by molar-refractivity contribution is 5.96. The minimum absolute atomic E-state index is 0.106. The Labute approximate surface area is 116 Å². The number of hydrogen-bond donors (Lipinski definition) is 1. The third kappa shape index (κ3) is 2.83. The number of nitrogens with one attached hydrogen (secondary N) is 1. The van der Waals surface area contributed by atoms with Gasteiger partial charge >= 0.3 is 0 Å². The molecule has 0 aromatic heterocycles. The fourth-order valence-electron chi connectivity index (χ4n) is 2.61. The van der Waals surface area contributed by atoms with E-state index in [1.165, 1.54) is 23.1 Å². The van der Waals surface area contributed by atoms with Crippen molar-refractivity contribution in [2.24, 2.45) is 5.41 Å². The first kappa shape index (κ1) is 14.1. The maximum Gasteiger partial charge on any atom is 0.229 e. The van der Waals surface area contributed by atoms with Crippen molar-refractivity contribution in [3.05, 3.63) is 28.8 Å². The van der Waals surface area contributed by atoms with Gasteiger partial charge in [0.15, 0.2) is 0 Å². The zero-order valence-corrected chi connectivity index (χ0v) is 12.8. The molecule has 104 valence electrons. The zero-order chi connectivity index (χ0) is 14.2. The van der Waals surface area contributed by atoms with Crippen molar-refractivity contribution in [1.29, 1.82) is 0 Å². The Morgan fingerprint density at radius 2 is 1.89 bits per heavy atom. The van der Waals surface area contributed by atoms with Crippen LogP contribution in [0.3, 0.4) is 0 Å². The summed E-state index contributed by atoms with van der Waals surface area (Å²) in [6.07, 6.45) is 3.44. The van der Waals surface area contributed by atoms with Gasteiger partial charge in [0.1, 0.15) is 0 Å². The first-order valence-electron chi connectivity index (χ1n) is 7.27. The largest absolute Gasteiger partial charge is 0.325 e. The Balaban J connectivity index is 2.43. The van der Waals surface area contributed by atoms with Crippen molar-refractivity contribution in [1.82, 2.24) is 0 Å². The summed E-state index contributed by atoms with van der Waals surface area (Å²) in [5.41, 5.74) is 4.77. The van der Waals surface area contributed by atoms with E-state index in [1.807, 2.05) is 20.8 Å². The molecule has 1 aliphatic rings. The van der Waals surface area contributed by atoms with E-state index in [-0.39, 0.29) is 11.3 Å². The topological polar surface area (TPSA) is 29.1 Å². The lowest BCUT2D eigenvalue weighted by Crippen LogP contribution is -2.28. The molecule has 0 atom stereocenters. The van der Waals surface area contributed by atoms with Gasteiger partial charge in [-0.2, -0.15) is 0 Å². The van der Waals surface area contributed by atoms with E-state index >= 15 is 0 Å². The lowest BCUT2D eigenvalue weighted by Gasteiger charge is -2.23. The predicted octanol–water partition coefficient (Wildman–Crippen LogP) is 4.28. The Morgan fingerprint density at radius 3 is 2.47 bits per heavy atom. The van der Waals surface area contributed by atoms with Crippen molar-refractivity contribution in [3.63, 3.8) is 0 Å². The molecule has 1 aromatic carbocycles. The number of benzene rings is 1. The van der Waals surface area contributed by atoms with Crippen LogP contribution in [0.25, 0.3) is 0 Å². The van der Waals surface area contributed by atoms with E-state index in [0.717, 1.165) is 18.5 Å². The number of hydrogen-bond acceptors (Lipinski definition) is 1. The maximum atomic E-state index is 12.3. The molecule has 1 aliphatic carbocycles. The minimum Gasteiger partial charge on any atom is -0.325 e. The molecule has 2 nitrogen and oxygen atoms in total. The van der Waals surface area contributed by atoms with Crippen LogP contribution in [-0.4, -0.2) is 5.91 Å². The molecule has 0 saturated heterocycles. The van der Waals surface area contributed by atoms with Gasteiger partial charge in [-0.3, -0.25) is 4.79 Å². The Hall–Kier alpha value is -1.31. The standard InChI is InChI=1S/C17H25NO/c1-11(2)13-10-9-12-7-6-8-14(12)15(13)18-16(19)17(3,4)5/h9-11H,6-8H2,1-5H3,(H,18,19). The minimum atomic E-state index is -0.352. The van der Waals surface area contributed by atoms with Gasteiger partial charge in [-0.05, 0) is 41.9 Å². The van der Waals surface area contributed by atoms with Crippen LogP contribution in [-0.2, 0) is 17.6 Å². The van der Waals surface area contributed by atoms with Crippen molar-refractivity contribution in [3.8, 4) is 0 Å². The molecule has 0 saturated carbocycles. The molecule has 2 heteroatoms. The van der Waals surface area contributed by atoms with Gasteiger partial charge in [-0.1, -0.05) is 46.8 Å². The molecule has 1 aromatic rings. The van der Waals surface area contributed by atoms with E-state index in [4.69, 9.17) is 0 Å². The van der Waals surface area contributed by atoms with Crippen LogP contribution >= 0.6 is 0 Å². The maximum absolute atomic E-state index is 12.3. The van der Waals surface area contributed by atoms with Gasteiger partial charge in [0.05, 0.1) is 0 Å². The summed E-state index contributed by atoms with van der Waals surface area (Å²) in [6.45, 7) is 10.2. The normalized spacial score (nSPS) is 14.6. The van der Waals surface area contributed by atoms with Crippen LogP contribution < -0.4 is 5.32 Å². The lowest BCUT2D eigenvalue weighted by molar-refractivity contribution is -0.123. The zero-order valence-electron chi connectivity index (χ0n) is 12.8. The number of carbonyl (C=O) groups excluding carboxylic acids is 1. The molecular weight excluding hydrogens is 234 g/mol. The van der Waals surface area contributed by atoms with Crippen LogP contribution in [0.2, 0.25) is 0 Å².